The van der Waals surface area contributed by atoms with Crippen molar-refractivity contribution in [2.75, 3.05) is 19.8 Å². The summed E-state index contributed by atoms with van der Waals surface area (Å²) in [6, 6.07) is 48.9. The van der Waals surface area contributed by atoms with Crippen molar-refractivity contribution in [2.45, 2.75) is 191 Å². The molecule has 17 nitrogen and oxygen atoms in total. The molecule has 4 aliphatic rings. The van der Waals surface area contributed by atoms with E-state index in [4.69, 9.17) is 61.6 Å². The van der Waals surface area contributed by atoms with E-state index in [0.29, 0.717) is 45.6 Å². The summed E-state index contributed by atoms with van der Waals surface area (Å²) in [5.74, 6) is -1.28. The van der Waals surface area contributed by atoms with Crippen LogP contribution in [-0.4, -0.2) is 123 Å². The summed E-state index contributed by atoms with van der Waals surface area (Å²) in [5, 5.41) is 6.07. The molecule has 447 valence electrons. The van der Waals surface area contributed by atoms with E-state index < -0.39 is 97.1 Å². The number of amides is 2. The summed E-state index contributed by atoms with van der Waals surface area (Å²) in [6.45, 7) is 14.8. The van der Waals surface area contributed by atoms with Crippen molar-refractivity contribution in [3.05, 3.63) is 186 Å². The maximum absolute atomic E-state index is 14.1. The molecule has 0 aliphatic carbocycles. The van der Waals surface area contributed by atoms with Crippen LogP contribution < -0.4 is 10.6 Å². The molecule has 2 amide bonds. The molecule has 0 aromatic heterocycles. The van der Waals surface area contributed by atoms with E-state index in [9.17, 15) is 9.59 Å². The lowest BCUT2D eigenvalue weighted by molar-refractivity contribution is -0.349. The van der Waals surface area contributed by atoms with Crippen molar-refractivity contribution < 1.29 is 71.2 Å². The van der Waals surface area contributed by atoms with Crippen LogP contribution in [0.2, 0.25) is 0 Å². The Morgan fingerprint density at radius 1 is 0.590 bits per heavy atom. The summed E-state index contributed by atoms with van der Waals surface area (Å²) in [4.78, 5) is 26.3. The topological polar surface area (TPSA) is 178 Å². The molecule has 0 saturated carbocycles. The normalized spacial score (nSPS) is 27.8. The minimum atomic E-state index is -1.08. The van der Waals surface area contributed by atoms with Gasteiger partial charge in [0.15, 0.2) is 18.4 Å². The van der Waals surface area contributed by atoms with Crippen LogP contribution in [0.4, 0.5) is 4.79 Å². The zero-order valence-corrected chi connectivity index (χ0v) is 48.6. The summed E-state index contributed by atoms with van der Waals surface area (Å²) < 4.78 is 86.5. The zero-order valence-electron chi connectivity index (χ0n) is 48.6. The number of carbonyl (C=O) groups excluding carboxylic acids is 2. The van der Waals surface area contributed by atoms with Gasteiger partial charge in [-0.25, -0.2) is 4.79 Å². The first-order chi connectivity index (χ1) is 40.2. The molecule has 83 heavy (non-hydrogen) atoms. The maximum atomic E-state index is 14.1. The third-order valence-corrected chi connectivity index (χ3v) is 14.6. The molecule has 5 aromatic rings. The Bertz CT molecular complexity index is 2690. The number of unbranched alkanes of at least 4 members (excludes halogenated alkanes) is 2. The van der Waals surface area contributed by atoms with Gasteiger partial charge in [-0.1, -0.05) is 158 Å². The summed E-state index contributed by atoms with van der Waals surface area (Å²) >= 11 is 0. The van der Waals surface area contributed by atoms with E-state index in [1.807, 2.05) is 193 Å². The van der Waals surface area contributed by atoms with E-state index in [1.165, 1.54) is 0 Å². The summed E-state index contributed by atoms with van der Waals surface area (Å²) in [5.41, 5.74) is 4.30. The van der Waals surface area contributed by atoms with Gasteiger partial charge in [0.25, 0.3) is 0 Å². The minimum Gasteiger partial charge on any atom is -0.444 e. The molecule has 17 heteroatoms. The largest absolute Gasteiger partial charge is 0.444 e. The molecule has 4 heterocycles. The number of rotatable bonds is 27. The second kappa shape index (κ2) is 30.4. The van der Waals surface area contributed by atoms with Gasteiger partial charge < -0.3 is 72.2 Å². The SMILES string of the molecule is C[C@@H]1O[C@@H](O[C@@H]2[CH]O[C@H](COCc3ccccc3)[C@H](NC(=O)CCCCCNC(=O)OC(C)(C)C)[C@@H]2OCc2ccccc2)[C@@H]2OC(C)(C)O[C@@H]2[C@H]1O[C@@H]1OC[C@@H](OCc2ccccc2)[C@H](OCc2ccccc2)[C@H]1OCc1ccccc1. The lowest BCUT2D eigenvalue weighted by Gasteiger charge is -2.47. The minimum absolute atomic E-state index is 0.133. The van der Waals surface area contributed by atoms with Gasteiger partial charge in [0.2, 0.25) is 5.91 Å². The van der Waals surface area contributed by atoms with Gasteiger partial charge in [0, 0.05) is 13.0 Å². The Balaban J connectivity index is 0.934. The first kappa shape index (κ1) is 61.9. The molecular weight excluding hydrogens is 1060 g/mol. The Kier molecular flexibility index (Phi) is 22.7. The van der Waals surface area contributed by atoms with Gasteiger partial charge in [-0.3, -0.25) is 4.79 Å². The highest BCUT2D eigenvalue weighted by Gasteiger charge is 2.58. The van der Waals surface area contributed by atoms with E-state index in [-0.39, 0.29) is 38.8 Å². The first-order valence-electron chi connectivity index (χ1n) is 29.2. The highest BCUT2D eigenvalue weighted by Crippen LogP contribution is 2.42. The number of hydrogen-bond acceptors (Lipinski definition) is 15. The fourth-order valence-electron chi connectivity index (χ4n) is 10.6. The zero-order chi connectivity index (χ0) is 58.0. The predicted molar refractivity (Wildman–Crippen MR) is 308 cm³/mol. The molecule has 13 atom stereocenters. The van der Waals surface area contributed by atoms with Crippen LogP contribution in [0.25, 0.3) is 0 Å². The van der Waals surface area contributed by atoms with E-state index in [1.54, 1.807) is 6.61 Å². The number of fused-ring (bicyclic) bond motifs is 1. The fraction of sp³-hybridized carbons (Fsp3) is 0.500. The molecule has 0 bridgehead atoms. The van der Waals surface area contributed by atoms with Crippen LogP contribution in [0, 0.1) is 6.61 Å². The molecule has 9 rings (SSSR count). The smallest absolute Gasteiger partial charge is 0.407 e. The predicted octanol–water partition coefficient (Wildman–Crippen LogP) is 10.1. The van der Waals surface area contributed by atoms with Gasteiger partial charge in [-0.15, -0.1) is 0 Å². The molecule has 0 unspecified atom stereocenters. The third kappa shape index (κ3) is 18.7. The molecule has 4 saturated heterocycles. The number of nitrogens with one attached hydrogen (secondary N) is 2. The second-order valence-electron chi connectivity index (χ2n) is 22.9. The van der Waals surface area contributed by atoms with Crippen LogP contribution in [0.15, 0.2) is 152 Å². The average molecular weight is 1140 g/mol. The summed E-state index contributed by atoms with van der Waals surface area (Å²) in [7, 11) is 0. The third-order valence-electron chi connectivity index (χ3n) is 14.6. The van der Waals surface area contributed by atoms with Gasteiger partial charge in [-0.2, -0.15) is 0 Å². The van der Waals surface area contributed by atoms with E-state index in [0.717, 1.165) is 27.8 Å². The van der Waals surface area contributed by atoms with Crippen LogP contribution in [-0.2, 0) is 99.4 Å². The van der Waals surface area contributed by atoms with Crippen LogP contribution in [0.3, 0.4) is 0 Å². The molecule has 1 radical (unpaired) electrons. The van der Waals surface area contributed by atoms with Crippen LogP contribution in [0.1, 0.15) is 95.0 Å². The quantitative estimate of drug-likeness (QED) is 0.0474. The van der Waals surface area contributed by atoms with E-state index in [2.05, 4.69) is 10.6 Å². The highest BCUT2D eigenvalue weighted by molar-refractivity contribution is 5.76. The molecule has 4 aliphatic heterocycles. The number of ether oxygens (including phenoxy) is 13. The molecule has 5 aromatic carbocycles. The molecule has 2 N–H and O–H groups in total. The number of carbonyl (C=O) groups is 2. The Labute approximate surface area is 489 Å². The van der Waals surface area contributed by atoms with Crippen molar-refractivity contribution in [1.29, 1.82) is 0 Å². The first-order valence-corrected chi connectivity index (χ1v) is 29.2. The van der Waals surface area contributed by atoms with Gasteiger partial charge in [0.1, 0.15) is 67.1 Å². The lowest BCUT2D eigenvalue weighted by atomic mass is 9.95. The molecular formula is C66H83N2O15. The monoisotopic (exact) mass is 1140 g/mol. The van der Waals surface area contributed by atoms with Crippen molar-refractivity contribution in [3.8, 4) is 0 Å². The van der Waals surface area contributed by atoms with Gasteiger partial charge in [-0.05, 0) is 82.2 Å². The standard InChI is InChI=1S/C66H83N2O15/c1-45-56(80-62-60(76-41-50-33-21-11-22-34-50)58(75-40-49-31-19-10-20-32-49)52(43-77-62)72-38-47-27-15-8-16-28-47)59-61(82-66(5,6)81-59)63(78-45)79-53-44-73-51(42-71-37-46-25-13-7-14-26-46)55(57(53)74-39-48-29-17-9-18-30-48)68-54(69)35-23-12-24-36-67-64(70)83-65(2,3)4/h7-11,13-22,25-34,44-45,51-53,55-63H,12,23-24,35-43H2,1-6H3,(H,67,70)(H,68,69)/t45-,51+,52+,53+,55-,56-,57+,58-,59+,60+,61+,62-,63-/m0/s1. The second-order valence-corrected chi connectivity index (χ2v) is 22.9. The maximum Gasteiger partial charge on any atom is 0.407 e. The number of hydrogen-bond donors (Lipinski definition) is 2. The van der Waals surface area contributed by atoms with E-state index >= 15 is 0 Å². The molecule has 4 fully saturated rings. The fourth-order valence-corrected chi connectivity index (χ4v) is 10.6. The van der Waals surface area contributed by atoms with Crippen molar-refractivity contribution in [2.24, 2.45) is 0 Å². The Morgan fingerprint density at radius 3 is 1.67 bits per heavy atom. The average Bonchev–Trinajstić information content (AvgIpc) is 2.39. The van der Waals surface area contributed by atoms with Crippen molar-refractivity contribution >= 4 is 12.0 Å². The number of benzene rings is 5. The van der Waals surface area contributed by atoms with Crippen molar-refractivity contribution in [1.82, 2.24) is 10.6 Å². The van der Waals surface area contributed by atoms with Crippen LogP contribution in [0.5, 0.6) is 0 Å². The molecule has 0 spiro atoms. The highest BCUT2D eigenvalue weighted by atomic mass is 16.8. The van der Waals surface area contributed by atoms with Gasteiger partial charge in [0.05, 0.1) is 58.4 Å². The van der Waals surface area contributed by atoms with Crippen molar-refractivity contribution in [3.63, 3.8) is 0 Å². The lowest BCUT2D eigenvalue weighted by Crippen LogP contribution is -2.65. The Morgan fingerprint density at radius 2 is 1.11 bits per heavy atom. The van der Waals surface area contributed by atoms with Gasteiger partial charge >= 0.3 is 6.09 Å². The van der Waals surface area contributed by atoms with Crippen LogP contribution >= 0.6 is 0 Å². The summed E-state index contributed by atoms with van der Waals surface area (Å²) in [6.07, 6.45) is -7.56. The number of alkyl carbamates (subject to hydrolysis) is 1. The Hall–Kier alpha value is -5.64.